The fourth-order valence-electron chi connectivity index (χ4n) is 2.19. The number of hydrogen-bond acceptors (Lipinski definition) is 5. The molecule has 0 saturated carbocycles. The molecule has 0 atom stereocenters. The second-order valence-electron chi connectivity index (χ2n) is 4.57. The van der Waals surface area contributed by atoms with E-state index in [4.69, 9.17) is 5.26 Å². The summed E-state index contributed by atoms with van der Waals surface area (Å²) in [4.78, 5) is 37.2. The van der Waals surface area contributed by atoms with E-state index < -0.39 is 17.7 Å². The van der Waals surface area contributed by atoms with E-state index in [2.05, 4.69) is 5.32 Å². The molecule has 1 N–H and O–H groups in total. The Morgan fingerprint density at radius 1 is 1.18 bits per heavy atom. The van der Waals surface area contributed by atoms with E-state index in [0.29, 0.717) is 21.7 Å². The Morgan fingerprint density at radius 3 is 2.41 bits per heavy atom. The fourth-order valence-corrected chi connectivity index (χ4v) is 2.94. The van der Waals surface area contributed by atoms with Crippen LogP contribution in [0.15, 0.2) is 35.7 Å². The standard InChI is InChI=1S/C15H9N3O3S/c16-7-9-5-6-22-13(9)17-12(19)8-18-14(20)10-3-1-2-4-11(10)15(18)21/h1-6H,8H2,(H,17,19). The van der Waals surface area contributed by atoms with Gasteiger partial charge in [-0.1, -0.05) is 12.1 Å². The van der Waals surface area contributed by atoms with Gasteiger partial charge in [0.15, 0.2) is 0 Å². The highest BCUT2D eigenvalue weighted by Gasteiger charge is 2.36. The number of nitrogens with one attached hydrogen (secondary N) is 1. The first-order valence-electron chi connectivity index (χ1n) is 6.34. The lowest BCUT2D eigenvalue weighted by atomic mass is 10.1. The van der Waals surface area contributed by atoms with Crippen LogP contribution >= 0.6 is 11.3 Å². The highest BCUT2D eigenvalue weighted by Crippen LogP contribution is 2.24. The van der Waals surface area contributed by atoms with Crippen LogP contribution in [0.1, 0.15) is 26.3 Å². The number of nitriles is 1. The van der Waals surface area contributed by atoms with Crippen LogP contribution in [0.2, 0.25) is 0 Å². The van der Waals surface area contributed by atoms with Crippen molar-refractivity contribution in [1.29, 1.82) is 5.26 Å². The topological polar surface area (TPSA) is 90.3 Å². The minimum Gasteiger partial charge on any atom is -0.315 e. The van der Waals surface area contributed by atoms with Gasteiger partial charge in [0.1, 0.15) is 17.6 Å². The quantitative estimate of drug-likeness (QED) is 0.876. The van der Waals surface area contributed by atoms with Crippen molar-refractivity contribution in [2.24, 2.45) is 0 Å². The van der Waals surface area contributed by atoms with Gasteiger partial charge in [-0.15, -0.1) is 11.3 Å². The zero-order chi connectivity index (χ0) is 15.7. The summed E-state index contributed by atoms with van der Waals surface area (Å²) in [6.45, 7) is -0.380. The Labute approximate surface area is 129 Å². The molecule has 1 aromatic carbocycles. The molecular formula is C15H9N3O3S. The third kappa shape index (κ3) is 2.25. The molecule has 0 unspecified atom stereocenters. The van der Waals surface area contributed by atoms with E-state index >= 15 is 0 Å². The van der Waals surface area contributed by atoms with Crippen LogP contribution in [0.4, 0.5) is 5.00 Å². The van der Waals surface area contributed by atoms with Crippen molar-refractivity contribution in [3.8, 4) is 6.07 Å². The fraction of sp³-hybridized carbons (Fsp3) is 0.0667. The summed E-state index contributed by atoms with van der Waals surface area (Å²) in [6.07, 6.45) is 0. The lowest BCUT2D eigenvalue weighted by Crippen LogP contribution is -2.37. The Hall–Kier alpha value is -2.98. The lowest BCUT2D eigenvalue weighted by molar-refractivity contribution is -0.116. The highest BCUT2D eigenvalue weighted by molar-refractivity contribution is 7.14. The molecule has 108 valence electrons. The summed E-state index contributed by atoms with van der Waals surface area (Å²) in [5.74, 6) is -1.49. The second-order valence-corrected chi connectivity index (χ2v) is 5.48. The van der Waals surface area contributed by atoms with Gasteiger partial charge in [-0.2, -0.15) is 5.26 Å². The highest BCUT2D eigenvalue weighted by atomic mass is 32.1. The van der Waals surface area contributed by atoms with Crippen molar-refractivity contribution in [2.45, 2.75) is 0 Å². The largest absolute Gasteiger partial charge is 0.315 e. The van der Waals surface area contributed by atoms with Gasteiger partial charge in [-0.05, 0) is 23.6 Å². The number of amides is 3. The minimum absolute atomic E-state index is 0.300. The third-order valence-electron chi connectivity index (χ3n) is 3.22. The first-order chi connectivity index (χ1) is 10.6. The number of fused-ring (bicyclic) bond motifs is 1. The molecule has 0 spiro atoms. The molecule has 2 aromatic rings. The van der Waals surface area contributed by atoms with Gasteiger partial charge in [0.2, 0.25) is 5.91 Å². The van der Waals surface area contributed by atoms with Crippen molar-refractivity contribution in [2.75, 3.05) is 11.9 Å². The summed E-state index contributed by atoms with van der Waals surface area (Å²) in [6, 6.07) is 9.98. The van der Waals surface area contributed by atoms with Crippen LogP contribution in [0.3, 0.4) is 0 Å². The molecule has 0 saturated heterocycles. The summed E-state index contributed by atoms with van der Waals surface area (Å²) in [5.41, 5.74) is 0.948. The van der Waals surface area contributed by atoms with Gasteiger partial charge >= 0.3 is 0 Å². The monoisotopic (exact) mass is 311 g/mol. The number of benzene rings is 1. The maximum atomic E-state index is 12.1. The van der Waals surface area contributed by atoms with Gasteiger partial charge in [0, 0.05) is 0 Å². The van der Waals surface area contributed by atoms with Crippen molar-refractivity contribution < 1.29 is 14.4 Å². The zero-order valence-electron chi connectivity index (χ0n) is 11.2. The molecule has 1 aromatic heterocycles. The van der Waals surface area contributed by atoms with E-state index in [9.17, 15) is 14.4 Å². The molecule has 3 amide bonds. The van der Waals surface area contributed by atoms with Crippen LogP contribution < -0.4 is 5.32 Å². The van der Waals surface area contributed by atoms with Gasteiger partial charge in [0.25, 0.3) is 11.8 Å². The maximum Gasteiger partial charge on any atom is 0.262 e. The number of carbonyl (C=O) groups excluding carboxylic acids is 3. The molecule has 1 aliphatic rings. The summed E-state index contributed by atoms with van der Waals surface area (Å²) in [7, 11) is 0. The number of anilines is 1. The Balaban J connectivity index is 1.75. The normalized spacial score (nSPS) is 13.0. The molecule has 7 heteroatoms. The van der Waals surface area contributed by atoms with Gasteiger partial charge < -0.3 is 5.32 Å². The maximum absolute atomic E-state index is 12.1. The minimum atomic E-state index is -0.520. The number of carbonyl (C=O) groups is 3. The van der Waals surface area contributed by atoms with Crippen molar-refractivity contribution in [1.82, 2.24) is 4.90 Å². The Morgan fingerprint density at radius 2 is 1.82 bits per heavy atom. The van der Waals surface area contributed by atoms with Gasteiger partial charge in [-0.3, -0.25) is 19.3 Å². The van der Waals surface area contributed by atoms with Crippen LogP contribution in [-0.4, -0.2) is 29.2 Å². The molecule has 6 nitrogen and oxygen atoms in total. The van der Waals surface area contributed by atoms with E-state index in [1.807, 2.05) is 6.07 Å². The smallest absolute Gasteiger partial charge is 0.262 e. The summed E-state index contributed by atoms with van der Waals surface area (Å²) in [5, 5.41) is 13.5. The predicted octanol–water partition coefficient (Wildman–Crippen LogP) is 1.85. The van der Waals surface area contributed by atoms with Crippen molar-refractivity contribution in [3.05, 3.63) is 52.4 Å². The molecule has 0 fully saturated rings. The first kappa shape index (κ1) is 14.0. The number of imide groups is 1. The molecule has 2 heterocycles. The average Bonchev–Trinajstić information content (AvgIpc) is 3.06. The number of rotatable bonds is 3. The van der Waals surface area contributed by atoms with Crippen LogP contribution in [0.25, 0.3) is 0 Å². The van der Waals surface area contributed by atoms with Crippen LogP contribution in [-0.2, 0) is 4.79 Å². The Kier molecular flexibility index (Phi) is 3.45. The van der Waals surface area contributed by atoms with Crippen molar-refractivity contribution >= 4 is 34.1 Å². The number of nitrogens with zero attached hydrogens (tertiary/aromatic N) is 2. The van der Waals surface area contributed by atoms with E-state index in [1.165, 1.54) is 11.3 Å². The molecule has 3 rings (SSSR count). The number of hydrogen-bond donors (Lipinski definition) is 1. The molecule has 22 heavy (non-hydrogen) atoms. The third-order valence-corrected chi connectivity index (χ3v) is 4.05. The van der Waals surface area contributed by atoms with Crippen LogP contribution in [0, 0.1) is 11.3 Å². The van der Waals surface area contributed by atoms with Crippen LogP contribution in [0.5, 0.6) is 0 Å². The summed E-state index contributed by atoms with van der Waals surface area (Å²) < 4.78 is 0. The average molecular weight is 311 g/mol. The zero-order valence-corrected chi connectivity index (χ0v) is 12.0. The molecular weight excluding hydrogens is 302 g/mol. The second kappa shape index (κ2) is 5.42. The molecule has 1 aliphatic heterocycles. The van der Waals surface area contributed by atoms with E-state index in [-0.39, 0.29) is 6.54 Å². The summed E-state index contributed by atoms with van der Waals surface area (Å²) >= 11 is 1.21. The van der Waals surface area contributed by atoms with Crippen molar-refractivity contribution in [3.63, 3.8) is 0 Å². The predicted molar refractivity (Wildman–Crippen MR) is 79.5 cm³/mol. The lowest BCUT2D eigenvalue weighted by Gasteiger charge is -2.13. The Bertz CT molecular complexity index is 800. The molecule has 0 bridgehead atoms. The first-order valence-corrected chi connectivity index (χ1v) is 7.22. The number of thiophene rings is 1. The molecule has 0 aliphatic carbocycles. The van der Waals surface area contributed by atoms with Gasteiger partial charge in [0.05, 0.1) is 16.7 Å². The molecule has 0 radical (unpaired) electrons. The van der Waals surface area contributed by atoms with Gasteiger partial charge in [-0.25, -0.2) is 0 Å². The van der Waals surface area contributed by atoms with E-state index in [0.717, 1.165) is 4.90 Å². The SMILES string of the molecule is N#Cc1ccsc1NC(=O)CN1C(=O)c2ccccc2C1=O. The van der Waals surface area contributed by atoms with E-state index in [1.54, 1.807) is 35.7 Å².